The van der Waals surface area contributed by atoms with Crippen LogP contribution < -0.4 is 0 Å². The molecule has 26 heavy (non-hydrogen) atoms. The third kappa shape index (κ3) is 3.35. The van der Waals surface area contributed by atoms with E-state index in [2.05, 4.69) is 21.5 Å². The zero-order chi connectivity index (χ0) is 18.3. The van der Waals surface area contributed by atoms with E-state index in [1.54, 1.807) is 5.38 Å². The lowest BCUT2D eigenvalue weighted by atomic mass is 10.3. The van der Waals surface area contributed by atoms with E-state index in [1.807, 2.05) is 36.6 Å². The second-order valence-electron chi connectivity index (χ2n) is 5.67. The summed E-state index contributed by atoms with van der Waals surface area (Å²) in [4.78, 5) is 13.2. The van der Waals surface area contributed by atoms with Gasteiger partial charge in [-0.25, -0.2) is 23.4 Å². The van der Waals surface area contributed by atoms with Crippen molar-refractivity contribution in [2.24, 2.45) is 0 Å². The molecule has 0 atom stereocenters. The molecule has 0 aliphatic rings. The van der Waals surface area contributed by atoms with Crippen molar-refractivity contribution >= 4 is 59.6 Å². The lowest BCUT2D eigenvalue weighted by Crippen LogP contribution is -2.04. The minimum Gasteiger partial charge on any atom is -0.238 e. The van der Waals surface area contributed by atoms with Gasteiger partial charge in [-0.15, -0.1) is 34.0 Å². The molecule has 0 aliphatic heterocycles. The maximum absolute atomic E-state index is 12.7. The Morgan fingerprint density at radius 2 is 1.92 bits per heavy atom. The first-order valence-electron chi connectivity index (χ1n) is 7.57. The van der Waals surface area contributed by atoms with Gasteiger partial charge in [0.05, 0.1) is 15.9 Å². The predicted molar refractivity (Wildman–Crippen MR) is 108 cm³/mol. The third-order valence-corrected chi connectivity index (χ3v) is 8.58. The summed E-state index contributed by atoms with van der Waals surface area (Å²) >= 11 is 4.08. The Morgan fingerprint density at radius 1 is 1.12 bits per heavy atom. The first kappa shape index (κ1) is 17.5. The maximum Gasteiger partial charge on any atom is 0.211 e. The van der Waals surface area contributed by atoms with Gasteiger partial charge in [-0.1, -0.05) is 18.7 Å². The molecule has 1 aromatic carbocycles. The van der Waals surface area contributed by atoms with Crippen LogP contribution in [0.15, 0.2) is 45.9 Å². The molecule has 5 nitrogen and oxygen atoms in total. The molecule has 0 unspecified atom stereocenters. The van der Waals surface area contributed by atoms with Crippen LogP contribution in [0.5, 0.6) is 0 Å². The average Bonchev–Trinajstić information content (AvgIpc) is 3.33. The number of thiazole rings is 3. The van der Waals surface area contributed by atoms with Crippen LogP contribution in [0, 0.1) is 0 Å². The predicted octanol–water partition coefficient (Wildman–Crippen LogP) is 4.88. The fraction of sp³-hybridized carbons (Fsp3) is 0.118. The molecule has 0 N–H and O–H groups in total. The van der Waals surface area contributed by atoms with Crippen LogP contribution in [0.4, 0.5) is 0 Å². The van der Waals surface area contributed by atoms with Crippen LogP contribution in [0.3, 0.4) is 0 Å². The lowest BCUT2D eigenvalue weighted by Gasteiger charge is -1.97. The van der Waals surface area contributed by atoms with E-state index in [4.69, 9.17) is 0 Å². The van der Waals surface area contributed by atoms with E-state index in [1.165, 1.54) is 34.0 Å². The highest BCUT2D eigenvalue weighted by Crippen LogP contribution is 2.30. The molecular weight excluding hydrogens is 406 g/mol. The van der Waals surface area contributed by atoms with E-state index in [0.29, 0.717) is 16.2 Å². The smallest absolute Gasteiger partial charge is 0.211 e. The summed E-state index contributed by atoms with van der Waals surface area (Å²) in [7, 11) is -3.53. The summed E-state index contributed by atoms with van der Waals surface area (Å²) in [5, 5.41) is 5.25. The van der Waals surface area contributed by atoms with Crippen LogP contribution >= 0.6 is 34.0 Å². The topological polar surface area (TPSA) is 72.8 Å². The summed E-state index contributed by atoms with van der Waals surface area (Å²) in [6, 6.07) is 7.40. The molecule has 3 aromatic heterocycles. The molecule has 0 radical (unpaired) electrons. The molecule has 0 bridgehead atoms. The molecule has 0 amide bonds. The summed E-state index contributed by atoms with van der Waals surface area (Å²) in [6.45, 7) is 5.79. The first-order chi connectivity index (χ1) is 12.4. The fourth-order valence-electron chi connectivity index (χ4n) is 2.30. The largest absolute Gasteiger partial charge is 0.238 e. The van der Waals surface area contributed by atoms with Crippen molar-refractivity contribution in [1.82, 2.24) is 15.0 Å². The van der Waals surface area contributed by atoms with Gasteiger partial charge in [-0.3, -0.25) is 0 Å². The van der Waals surface area contributed by atoms with E-state index in [-0.39, 0.29) is 10.1 Å². The van der Waals surface area contributed by atoms with Crippen LogP contribution in [0.2, 0.25) is 0 Å². The van der Waals surface area contributed by atoms with Gasteiger partial charge in [-0.2, -0.15) is 0 Å². The third-order valence-electron chi connectivity index (χ3n) is 3.52. The van der Waals surface area contributed by atoms with Crippen LogP contribution in [0.25, 0.3) is 26.5 Å². The second kappa shape index (κ2) is 6.66. The van der Waals surface area contributed by atoms with E-state index < -0.39 is 9.84 Å². The Bertz CT molecular complexity index is 1180. The van der Waals surface area contributed by atoms with Crippen molar-refractivity contribution in [2.45, 2.75) is 17.0 Å². The van der Waals surface area contributed by atoms with Gasteiger partial charge in [-0.05, 0) is 24.6 Å². The molecule has 4 aromatic rings. The first-order valence-corrected chi connectivity index (χ1v) is 11.8. The minimum absolute atomic E-state index is 0.131. The number of aromatic nitrogens is 3. The highest BCUT2D eigenvalue weighted by molar-refractivity contribution is 7.92. The molecule has 0 saturated heterocycles. The minimum atomic E-state index is -3.53. The molecule has 9 heteroatoms. The monoisotopic (exact) mass is 419 g/mol. The molecule has 0 fully saturated rings. The van der Waals surface area contributed by atoms with Gasteiger partial charge in [0, 0.05) is 10.8 Å². The van der Waals surface area contributed by atoms with Gasteiger partial charge in [0.2, 0.25) is 14.2 Å². The van der Waals surface area contributed by atoms with Crippen molar-refractivity contribution in [1.29, 1.82) is 0 Å². The van der Waals surface area contributed by atoms with E-state index in [0.717, 1.165) is 21.0 Å². The van der Waals surface area contributed by atoms with Gasteiger partial charge in [0.1, 0.15) is 21.5 Å². The Morgan fingerprint density at radius 3 is 2.65 bits per heavy atom. The average molecular weight is 420 g/mol. The molecule has 0 spiro atoms. The number of hydrogen-bond acceptors (Lipinski definition) is 8. The molecule has 132 valence electrons. The summed E-state index contributed by atoms with van der Waals surface area (Å²) in [6.07, 6.45) is 0. The van der Waals surface area contributed by atoms with Crippen molar-refractivity contribution in [3.05, 3.63) is 52.3 Å². The molecule has 0 aliphatic carbocycles. The van der Waals surface area contributed by atoms with E-state index in [9.17, 15) is 8.42 Å². The Hall–Kier alpha value is -1.94. The second-order valence-corrected chi connectivity index (χ2v) is 10.6. The normalized spacial score (nSPS) is 11.9. The maximum atomic E-state index is 12.7. The number of hydrogen-bond donors (Lipinski definition) is 0. The van der Waals surface area contributed by atoms with E-state index >= 15 is 0 Å². The number of para-hydroxylation sites is 1. The fourth-order valence-corrected chi connectivity index (χ4v) is 6.55. The molecule has 3 heterocycles. The highest BCUT2D eigenvalue weighted by atomic mass is 32.2. The summed E-state index contributed by atoms with van der Waals surface area (Å²) in [5.74, 6) is -0.166. The number of allylic oxidation sites excluding steroid dienone is 1. The van der Waals surface area contributed by atoms with Crippen LogP contribution in [0.1, 0.15) is 17.6 Å². The lowest BCUT2D eigenvalue weighted by molar-refractivity contribution is 0.594. The Balaban J connectivity index is 1.60. The van der Waals surface area contributed by atoms with Crippen LogP contribution in [-0.2, 0) is 15.6 Å². The number of sulfone groups is 1. The van der Waals surface area contributed by atoms with Gasteiger partial charge in [0.15, 0.2) is 0 Å². The molecule has 4 rings (SSSR count). The summed E-state index contributed by atoms with van der Waals surface area (Å²) < 4.78 is 26.4. The zero-order valence-corrected chi connectivity index (χ0v) is 16.9. The van der Waals surface area contributed by atoms with Gasteiger partial charge < -0.3 is 0 Å². The van der Waals surface area contributed by atoms with Crippen LogP contribution in [-0.4, -0.2) is 23.4 Å². The number of nitrogens with zero attached hydrogens (tertiary/aromatic N) is 3. The Labute approximate surface area is 162 Å². The molecule has 0 saturated carbocycles. The zero-order valence-electron chi connectivity index (χ0n) is 13.7. The SMILES string of the molecule is C=C(C)c1nc(-c2nc(CS(=O)(=O)c3nc4ccccc4s3)cs2)cs1. The summed E-state index contributed by atoms with van der Waals surface area (Å²) in [5.41, 5.74) is 2.86. The van der Waals surface area contributed by atoms with Crippen molar-refractivity contribution in [2.75, 3.05) is 0 Å². The number of rotatable bonds is 5. The quantitative estimate of drug-likeness (QED) is 0.461. The van der Waals surface area contributed by atoms with Crippen molar-refractivity contribution < 1.29 is 8.42 Å². The van der Waals surface area contributed by atoms with Crippen molar-refractivity contribution in [3.63, 3.8) is 0 Å². The van der Waals surface area contributed by atoms with Gasteiger partial charge >= 0.3 is 0 Å². The molecular formula is C17H13N3O2S4. The highest BCUT2D eigenvalue weighted by Gasteiger charge is 2.22. The van der Waals surface area contributed by atoms with Crippen molar-refractivity contribution in [3.8, 4) is 10.7 Å². The Kier molecular flexibility index (Phi) is 4.47. The number of fused-ring (bicyclic) bond motifs is 1. The standard InChI is InChI=1S/C17H13N3O2S4/c1-10(2)15-19-13(8-24-15)16-18-11(7-23-16)9-26(21,22)17-20-12-5-3-4-6-14(12)25-17/h3-8H,1,9H2,2H3. The van der Waals surface area contributed by atoms with Gasteiger partial charge in [0.25, 0.3) is 0 Å². The number of benzene rings is 1.